The molecule has 1 aromatic carbocycles. The molecule has 3 aromatic rings. The van der Waals surface area contributed by atoms with E-state index in [4.69, 9.17) is 4.74 Å². The first-order valence-corrected chi connectivity index (χ1v) is 8.35. The molecule has 122 valence electrons. The van der Waals surface area contributed by atoms with Crippen LogP contribution in [0.4, 0.5) is 0 Å². The highest BCUT2D eigenvalue weighted by Crippen LogP contribution is 2.30. The van der Waals surface area contributed by atoms with Crippen molar-refractivity contribution in [2.24, 2.45) is 0 Å². The number of benzene rings is 1. The first-order valence-electron chi connectivity index (χ1n) is 8.35. The van der Waals surface area contributed by atoms with Crippen LogP contribution in [-0.4, -0.2) is 21.3 Å². The predicted octanol–water partition coefficient (Wildman–Crippen LogP) is 4.61. The molecule has 1 aliphatic rings. The number of hydrogen-bond acceptors (Lipinski definition) is 3. The Balaban J connectivity index is 1.71. The molecule has 0 aliphatic carbocycles. The molecular weight excluding hydrogens is 300 g/mol. The lowest BCUT2D eigenvalue weighted by atomic mass is 10.1. The zero-order valence-electron chi connectivity index (χ0n) is 13.4. The van der Waals surface area contributed by atoms with Gasteiger partial charge in [-0.15, -0.1) is 0 Å². The van der Waals surface area contributed by atoms with Crippen molar-refractivity contribution in [1.29, 1.82) is 0 Å². The predicted molar refractivity (Wildman–Crippen MR) is 95.6 cm³/mol. The lowest BCUT2D eigenvalue weighted by Crippen LogP contribution is -2.17. The van der Waals surface area contributed by atoms with Gasteiger partial charge >= 0.3 is 0 Å². The number of para-hydroxylation sites is 1. The molecule has 1 atom stereocenters. The summed E-state index contributed by atoms with van der Waals surface area (Å²) in [4.78, 5) is 4.20. The molecule has 1 saturated heterocycles. The van der Waals surface area contributed by atoms with E-state index in [1.165, 1.54) is 23.5 Å². The fourth-order valence-electron chi connectivity index (χ4n) is 3.22. The molecule has 0 radical (unpaired) electrons. The molecule has 1 fully saturated rings. The Morgan fingerprint density at radius 1 is 1.12 bits per heavy atom. The fourth-order valence-corrected chi connectivity index (χ4v) is 3.22. The van der Waals surface area contributed by atoms with Crippen molar-refractivity contribution in [2.75, 3.05) is 6.61 Å². The summed E-state index contributed by atoms with van der Waals surface area (Å²) in [7, 11) is 0. The largest absolute Gasteiger partial charge is 0.506 e. The first kappa shape index (κ1) is 15.0. The third kappa shape index (κ3) is 2.93. The number of nitrogens with zero attached hydrogens (tertiary/aromatic N) is 2. The summed E-state index contributed by atoms with van der Waals surface area (Å²) in [5.41, 5.74) is 3.16. The molecule has 0 amide bonds. The molecular formula is C20H20N2O2. The summed E-state index contributed by atoms with van der Waals surface area (Å²) in [6.45, 7) is 0.833. The maximum Gasteiger partial charge on any atom is 0.133 e. The zero-order valence-corrected chi connectivity index (χ0v) is 13.4. The van der Waals surface area contributed by atoms with Crippen LogP contribution >= 0.6 is 0 Å². The van der Waals surface area contributed by atoms with Crippen molar-refractivity contribution in [3.63, 3.8) is 0 Å². The average Bonchev–Trinajstić information content (AvgIpc) is 3.01. The van der Waals surface area contributed by atoms with E-state index in [-0.39, 0.29) is 12.0 Å². The summed E-state index contributed by atoms with van der Waals surface area (Å²) in [5.74, 6) is 0.179. The fraction of sp³-hybridized carbons (Fsp3) is 0.250. The van der Waals surface area contributed by atoms with Gasteiger partial charge in [-0.25, -0.2) is 0 Å². The van der Waals surface area contributed by atoms with Crippen molar-refractivity contribution in [3.8, 4) is 5.75 Å². The van der Waals surface area contributed by atoms with Gasteiger partial charge in [-0.05, 0) is 43.5 Å². The van der Waals surface area contributed by atoms with Crippen LogP contribution < -0.4 is 0 Å². The molecule has 24 heavy (non-hydrogen) atoms. The maximum absolute atomic E-state index is 9.33. The number of ether oxygens (including phenoxy) is 1. The molecule has 4 rings (SSSR count). The standard InChI is InChI=1S/C20H20N2O2/c23-17-11-10-16(21-13-17)9-8-15-14-22(20-7-3-4-12-24-20)19-6-2-1-5-18(15)19/h1-2,5-6,8-11,13-14,20,23H,3-4,7,12H2/b9-8+. The third-order valence-electron chi connectivity index (χ3n) is 4.44. The van der Waals surface area contributed by atoms with E-state index in [2.05, 4.69) is 46.1 Å². The van der Waals surface area contributed by atoms with Crippen LogP contribution in [0.1, 0.15) is 36.7 Å². The van der Waals surface area contributed by atoms with Gasteiger partial charge in [-0.2, -0.15) is 0 Å². The van der Waals surface area contributed by atoms with Gasteiger partial charge in [0.1, 0.15) is 12.0 Å². The van der Waals surface area contributed by atoms with Crippen LogP contribution in [0.15, 0.2) is 48.8 Å². The number of rotatable bonds is 3. The van der Waals surface area contributed by atoms with Gasteiger partial charge in [-0.1, -0.05) is 24.3 Å². The van der Waals surface area contributed by atoms with E-state index in [0.29, 0.717) is 0 Å². The summed E-state index contributed by atoms with van der Waals surface area (Å²) >= 11 is 0. The Labute approximate surface area is 141 Å². The molecule has 4 heteroatoms. The lowest BCUT2D eigenvalue weighted by Gasteiger charge is -2.24. The van der Waals surface area contributed by atoms with E-state index in [1.54, 1.807) is 12.1 Å². The Morgan fingerprint density at radius 3 is 2.83 bits per heavy atom. The van der Waals surface area contributed by atoms with Crippen molar-refractivity contribution < 1.29 is 9.84 Å². The Morgan fingerprint density at radius 2 is 2.04 bits per heavy atom. The minimum absolute atomic E-state index is 0.123. The van der Waals surface area contributed by atoms with Crippen LogP contribution in [0.5, 0.6) is 5.75 Å². The number of aromatic nitrogens is 2. The minimum Gasteiger partial charge on any atom is -0.506 e. The highest BCUT2D eigenvalue weighted by Gasteiger charge is 2.18. The highest BCUT2D eigenvalue weighted by molar-refractivity contribution is 5.92. The summed E-state index contributed by atoms with van der Waals surface area (Å²) in [6, 6.07) is 11.9. The van der Waals surface area contributed by atoms with Crippen molar-refractivity contribution >= 4 is 23.1 Å². The molecule has 3 heterocycles. The van der Waals surface area contributed by atoms with Gasteiger partial charge in [0.15, 0.2) is 0 Å². The van der Waals surface area contributed by atoms with Gasteiger partial charge in [-0.3, -0.25) is 4.98 Å². The highest BCUT2D eigenvalue weighted by atomic mass is 16.5. The third-order valence-corrected chi connectivity index (χ3v) is 4.44. The normalized spacial score (nSPS) is 18.4. The number of aromatic hydroxyl groups is 1. The van der Waals surface area contributed by atoms with E-state index in [1.807, 2.05) is 6.08 Å². The maximum atomic E-state index is 9.33. The molecule has 0 saturated carbocycles. The molecule has 1 N–H and O–H groups in total. The molecule has 1 aliphatic heterocycles. The van der Waals surface area contributed by atoms with Crippen LogP contribution in [-0.2, 0) is 4.74 Å². The van der Waals surface area contributed by atoms with E-state index in [9.17, 15) is 5.11 Å². The SMILES string of the molecule is Oc1ccc(/C=C/c2cn(C3CCCCO3)c3ccccc23)nc1. The van der Waals surface area contributed by atoms with Gasteiger partial charge in [0.25, 0.3) is 0 Å². The molecule has 2 aromatic heterocycles. The second-order valence-corrected chi connectivity index (χ2v) is 6.10. The zero-order chi connectivity index (χ0) is 16.4. The molecule has 1 unspecified atom stereocenters. The number of hydrogen-bond donors (Lipinski definition) is 1. The Hall–Kier alpha value is -2.59. The lowest BCUT2D eigenvalue weighted by molar-refractivity contribution is -0.0292. The first-order chi connectivity index (χ1) is 11.8. The quantitative estimate of drug-likeness (QED) is 0.766. The van der Waals surface area contributed by atoms with Crippen LogP contribution in [0.25, 0.3) is 23.1 Å². The Kier molecular flexibility index (Phi) is 4.05. The van der Waals surface area contributed by atoms with E-state index < -0.39 is 0 Å². The van der Waals surface area contributed by atoms with E-state index >= 15 is 0 Å². The van der Waals surface area contributed by atoms with Crippen LogP contribution in [0.2, 0.25) is 0 Å². The van der Waals surface area contributed by atoms with E-state index in [0.717, 1.165) is 30.7 Å². The van der Waals surface area contributed by atoms with Crippen LogP contribution in [0, 0.1) is 0 Å². The van der Waals surface area contributed by atoms with Gasteiger partial charge in [0.05, 0.1) is 17.4 Å². The number of fused-ring (bicyclic) bond motifs is 1. The molecule has 0 bridgehead atoms. The molecule has 0 spiro atoms. The Bertz CT molecular complexity index is 859. The minimum atomic E-state index is 0.123. The van der Waals surface area contributed by atoms with Gasteiger partial charge in [0.2, 0.25) is 0 Å². The summed E-state index contributed by atoms with van der Waals surface area (Å²) in [6.07, 6.45) is 11.2. The van der Waals surface area contributed by atoms with Gasteiger partial charge in [0, 0.05) is 23.8 Å². The summed E-state index contributed by atoms with van der Waals surface area (Å²) in [5, 5.41) is 10.5. The molecule has 4 nitrogen and oxygen atoms in total. The monoisotopic (exact) mass is 320 g/mol. The van der Waals surface area contributed by atoms with Crippen molar-refractivity contribution in [2.45, 2.75) is 25.5 Å². The van der Waals surface area contributed by atoms with Crippen molar-refractivity contribution in [3.05, 3.63) is 60.0 Å². The smallest absolute Gasteiger partial charge is 0.133 e. The number of pyridine rings is 1. The second-order valence-electron chi connectivity index (χ2n) is 6.10. The van der Waals surface area contributed by atoms with Gasteiger partial charge < -0.3 is 14.4 Å². The van der Waals surface area contributed by atoms with Crippen LogP contribution in [0.3, 0.4) is 0 Å². The summed E-state index contributed by atoms with van der Waals surface area (Å²) < 4.78 is 8.21. The average molecular weight is 320 g/mol. The van der Waals surface area contributed by atoms with Crippen molar-refractivity contribution in [1.82, 2.24) is 9.55 Å². The topological polar surface area (TPSA) is 47.3 Å². The second kappa shape index (κ2) is 6.49.